The summed E-state index contributed by atoms with van der Waals surface area (Å²) in [7, 11) is 0. The van der Waals surface area contributed by atoms with Gasteiger partial charge in [-0.25, -0.2) is 0 Å². The Hall–Kier alpha value is -1.30. The van der Waals surface area contributed by atoms with Crippen LogP contribution in [-0.4, -0.2) is 45.6 Å². The number of carbonyl (C=O) groups excluding carboxylic acids is 1. The van der Waals surface area contributed by atoms with Crippen LogP contribution in [0.5, 0.6) is 0 Å². The van der Waals surface area contributed by atoms with Crippen molar-refractivity contribution in [1.82, 2.24) is 4.90 Å². The molecule has 0 aromatic rings. The summed E-state index contributed by atoms with van der Waals surface area (Å²) in [6.45, 7) is 4.07. The molecule has 0 aliphatic carbocycles. The zero-order valence-electron chi connectivity index (χ0n) is 8.97. The molecule has 2 atom stereocenters. The normalized spacial score (nSPS) is 29.3. The summed E-state index contributed by atoms with van der Waals surface area (Å²) in [6, 6.07) is 0. The number of nitrogens with two attached hydrogens (primary N) is 1. The minimum atomic E-state index is -0.819. The van der Waals surface area contributed by atoms with Crippen LogP contribution >= 0.6 is 0 Å². The first-order valence-corrected chi connectivity index (χ1v) is 4.86. The van der Waals surface area contributed by atoms with Crippen LogP contribution in [-0.2, 0) is 4.79 Å². The van der Waals surface area contributed by atoms with Crippen LogP contribution in [0.3, 0.4) is 0 Å². The summed E-state index contributed by atoms with van der Waals surface area (Å²) in [4.78, 5) is 13.3. The number of oxime groups is 1. The highest BCUT2D eigenvalue weighted by molar-refractivity contribution is 6.01. The first kappa shape index (κ1) is 11.8. The van der Waals surface area contributed by atoms with Gasteiger partial charge in [0.1, 0.15) is 0 Å². The van der Waals surface area contributed by atoms with Crippen molar-refractivity contribution in [2.75, 3.05) is 13.1 Å². The van der Waals surface area contributed by atoms with E-state index in [4.69, 9.17) is 10.9 Å². The molecule has 0 bridgehead atoms. The van der Waals surface area contributed by atoms with Crippen LogP contribution in [0.4, 0.5) is 0 Å². The fourth-order valence-electron chi connectivity index (χ4n) is 1.62. The highest BCUT2D eigenvalue weighted by Gasteiger charge is 2.36. The topological polar surface area (TPSA) is 99.2 Å². The zero-order valence-corrected chi connectivity index (χ0v) is 8.97. The highest BCUT2D eigenvalue weighted by atomic mass is 16.4. The van der Waals surface area contributed by atoms with Gasteiger partial charge in [-0.15, -0.1) is 0 Å². The van der Waals surface area contributed by atoms with Gasteiger partial charge in [0.15, 0.2) is 5.84 Å². The number of aliphatic hydroxyl groups is 1. The molecule has 2 unspecified atom stereocenters. The van der Waals surface area contributed by atoms with Crippen molar-refractivity contribution >= 4 is 11.7 Å². The smallest absolute Gasteiger partial charge is 0.233 e. The third-order valence-corrected chi connectivity index (χ3v) is 2.69. The SMILES string of the molecule is CC(C(=O)N1CCC(C)(O)C1)C(N)=NO. The van der Waals surface area contributed by atoms with Gasteiger partial charge in [0.2, 0.25) is 5.91 Å². The van der Waals surface area contributed by atoms with E-state index in [1.54, 1.807) is 13.8 Å². The van der Waals surface area contributed by atoms with Gasteiger partial charge in [0.25, 0.3) is 0 Å². The van der Waals surface area contributed by atoms with Crippen LogP contribution < -0.4 is 5.73 Å². The molecule has 1 rings (SSSR count). The second kappa shape index (κ2) is 4.06. The van der Waals surface area contributed by atoms with E-state index in [1.807, 2.05) is 0 Å². The molecule has 6 heteroatoms. The lowest BCUT2D eigenvalue weighted by Crippen LogP contribution is -2.41. The Labute approximate surface area is 88.4 Å². The number of hydrogen-bond donors (Lipinski definition) is 3. The number of carbonyl (C=O) groups is 1. The summed E-state index contributed by atoms with van der Waals surface area (Å²) < 4.78 is 0. The fraction of sp³-hybridized carbons (Fsp3) is 0.778. The molecule has 1 heterocycles. The molecule has 86 valence electrons. The van der Waals surface area contributed by atoms with Crippen LogP contribution in [0, 0.1) is 5.92 Å². The summed E-state index contributed by atoms with van der Waals surface area (Å²) >= 11 is 0. The second-order valence-electron chi connectivity index (χ2n) is 4.25. The summed E-state index contributed by atoms with van der Waals surface area (Å²) in [6.07, 6.45) is 0.557. The third-order valence-electron chi connectivity index (χ3n) is 2.69. The minimum absolute atomic E-state index is 0.105. The Morgan fingerprint density at radius 2 is 2.27 bits per heavy atom. The Morgan fingerprint density at radius 3 is 2.67 bits per heavy atom. The Kier molecular flexibility index (Phi) is 3.18. The molecular weight excluding hydrogens is 198 g/mol. The van der Waals surface area contributed by atoms with Gasteiger partial charge in [-0.1, -0.05) is 5.16 Å². The molecule has 0 radical (unpaired) electrons. The van der Waals surface area contributed by atoms with Gasteiger partial charge in [-0.3, -0.25) is 4.79 Å². The maximum atomic E-state index is 11.8. The van der Waals surface area contributed by atoms with Crippen LogP contribution in [0.2, 0.25) is 0 Å². The molecule has 1 aliphatic heterocycles. The molecule has 0 spiro atoms. The molecule has 1 amide bonds. The maximum absolute atomic E-state index is 11.8. The molecule has 15 heavy (non-hydrogen) atoms. The lowest BCUT2D eigenvalue weighted by Gasteiger charge is -2.21. The molecule has 0 aromatic carbocycles. The number of β-amino-alcohol motifs (C(OH)–C–C–N with tert-alkyl or cyclic N) is 1. The molecule has 1 saturated heterocycles. The third kappa shape index (κ3) is 2.59. The Balaban J connectivity index is 2.63. The maximum Gasteiger partial charge on any atom is 0.233 e. The zero-order chi connectivity index (χ0) is 11.6. The number of amides is 1. The molecular formula is C9H17N3O3. The van der Waals surface area contributed by atoms with E-state index in [0.717, 1.165) is 0 Å². The average molecular weight is 215 g/mol. The molecule has 0 aromatic heterocycles. The van der Waals surface area contributed by atoms with Crippen molar-refractivity contribution in [3.8, 4) is 0 Å². The molecule has 4 N–H and O–H groups in total. The summed E-state index contributed by atoms with van der Waals surface area (Å²) in [5, 5.41) is 20.9. The highest BCUT2D eigenvalue weighted by Crippen LogP contribution is 2.21. The van der Waals surface area contributed by atoms with Gasteiger partial charge in [-0.05, 0) is 20.3 Å². The number of rotatable bonds is 2. The standard InChI is InChI=1S/C9H17N3O3/c1-6(7(10)11-15)8(13)12-4-3-9(2,14)5-12/h6,14-15H,3-5H2,1-2H3,(H2,10,11). The lowest BCUT2D eigenvalue weighted by atomic mass is 10.1. The van der Waals surface area contributed by atoms with Crippen LogP contribution in [0.15, 0.2) is 5.16 Å². The van der Waals surface area contributed by atoms with Crippen LogP contribution in [0.25, 0.3) is 0 Å². The van der Waals surface area contributed by atoms with Crippen molar-refractivity contribution in [3.63, 3.8) is 0 Å². The lowest BCUT2D eigenvalue weighted by molar-refractivity contribution is -0.132. The second-order valence-corrected chi connectivity index (χ2v) is 4.25. The monoisotopic (exact) mass is 215 g/mol. The Morgan fingerprint density at radius 1 is 1.67 bits per heavy atom. The molecule has 1 fully saturated rings. The predicted octanol–water partition coefficient (Wildman–Crippen LogP) is -0.648. The first-order valence-electron chi connectivity index (χ1n) is 4.86. The number of likely N-dealkylation sites (tertiary alicyclic amines) is 1. The van der Waals surface area contributed by atoms with Gasteiger partial charge >= 0.3 is 0 Å². The van der Waals surface area contributed by atoms with Gasteiger partial charge in [0.05, 0.1) is 11.5 Å². The van der Waals surface area contributed by atoms with Crippen molar-refractivity contribution in [3.05, 3.63) is 0 Å². The van der Waals surface area contributed by atoms with E-state index < -0.39 is 11.5 Å². The Bertz CT molecular complexity index is 288. The van der Waals surface area contributed by atoms with Gasteiger partial charge < -0.3 is 20.9 Å². The number of hydrogen-bond acceptors (Lipinski definition) is 4. The molecule has 1 aliphatic rings. The minimum Gasteiger partial charge on any atom is -0.409 e. The van der Waals surface area contributed by atoms with E-state index >= 15 is 0 Å². The summed E-state index contributed by atoms with van der Waals surface area (Å²) in [5.74, 6) is -0.974. The van der Waals surface area contributed by atoms with E-state index in [-0.39, 0.29) is 11.7 Å². The molecule has 0 saturated carbocycles. The molecule has 6 nitrogen and oxygen atoms in total. The largest absolute Gasteiger partial charge is 0.409 e. The summed E-state index contributed by atoms with van der Waals surface area (Å²) in [5.41, 5.74) is 4.52. The van der Waals surface area contributed by atoms with E-state index in [0.29, 0.717) is 19.5 Å². The van der Waals surface area contributed by atoms with E-state index in [9.17, 15) is 9.90 Å². The van der Waals surface area contributed by atoms with Crippen molar-refractivity contribution < 1.29 is 15.1 Å². The fourth-order valence-corrected chi connectivity index (χ4v) is 1.62. The van der Waals surface area contributed by atoms with Crippen LogP contribution in [0.1, 0.15) is 20.3 Å². The van der Waals surface area contributed by atoms with Crippen molar-refractivity contribution in [2.45, 2.75) is 25.9 Å². The number of nitrogens with zero attached hydrogens (tertiary/aromatic N) is 2. The average Bonchev–Trinajstić information content (AvgIpc) is 2.55. The first-order chi connectivity index (χ1) is 6.87. The van der Waals surface area contributed by atoms with Gasteiger partial charge in [0, 0.05) is 13.1 Å². The quantitative estimate of drug-likeness (QED) is 0.247. The van der Waals surface area contributed by atoms with Gasteiger partial charge in [-0.2, -0.15) is 0 Å². The number of amidine groups is 1. The predicted molar refractivity (Wildman–Crippen MR) is 54.4 cm³/mol. The van der Waals surface area contributed by atoms with Crippen molar-refractivity contribution in [1.29, 1.82) is 0 Å². The van der Waals surface area contributed by atoms with Crippen molar-refractivity contribution in [2.24, 2.45) is 16.8 Å². The van der Waals surface area contributed by atoms with E-state index in [2.05, 4.69) is 5.16 Å². The van der Waals surface area contributed by atoms with E-state index in [1.165, 1.54) is 4.90 Å².